The predicted molar refractivity (Wildman–Crippen MR) is 111 cm³/mol. The van der Waals surface area contributed by atoms with Crippen molar-refractivity contribution in [2.45, 2.75) is 63.9 Å². The number of methoxy groups -OCH3 is 1. The van der Waals surface area contributed by atoms with Crippen LogP contribution in [0.25, 0.3) is 0 Å². The van der Waals surface area contributed by atoms with E-state index in [9.17, 15) is 18.8 Å². The van der Waals surface area contributed by atoms with Gasteiger partial charge in [-0.3, -0.25) is 9.69 Å². The summed E-state index contributed by atoms with van der Waals surface area (Å²) in [7, 11) is 1.25. The number of hydrogen-bond acceptors (Lipinski definition) is 6. The number of fused-ring (bicyclic) bond motifs is 2. The number of halogens is 1. The predicted octanol–water partition coefficient (Wildman–Crippen LogP) is 2.24. The highest BCUT2D eigenvalue weighted by atomic mass is 19.1. The summed E-state index contributed by atoms with van der Waals surface area (Å²) in [6.07, 6.45) is -0.0739. The smallest absolute Gasteiger partial charge is 0.408 e. The van der Waals surface area contributed by atoms with Crippen LogP contribution in [0.1, 0.15) is 45.7 Å². The number of esters is 1. The third-order valence-corrected chi connectivity index (χ3v) is 5.68. The molecule has 1 aromatic rings. The minimum atomic E-state index is -0.949. The molecule has 9 heteroatoms. The molecule has 2 aliphatic rings. The topological polar surface area (TPSA) is 88.2 Å². The Labute approximate surface area is 181 Å². The fraction of sp³-hybridized carbons (Fsp3) is 0.591. The number of ether oxygens (including phenoxy) is 2. The van der Waals surface area contributed by atoms with E-state index in [0.29, 0.717) is 13.0 Å². The zero-order valence-electron chi connectivity index (χ0n) is 18.6. The standard InChI is InChI=1S/C22H30FN3O5/c1-13(14-6-8-15(23)9-7-14)26-16-10-18(19(26)27)25(11-16)12-17(20(28)30-5)24-21(29)31-22(2,3)4/h6-9,13,16-18H,10-12H2,1-5H3,(H,24,29)/t13-,16-,17-,18-/m0/s1. The Morgan fingerprint density at radius 2 is 1.90 bits per heavy atom. The van der Waals surface area contributed by atoms with Crippen LogP contribution in [0.3, 0.4) is 0 Å². The molecule has 2 fully saturated rings. The minimum absolute atomic E-state index is 0.0163. The van der Waals surface area contributed by atoms with Crippen molar-refractivity contribution in [3.05, 3.63) is 35.6 Å². The second kappa shape index (κ2) is 8.82. The van der Waals surface area contributed by atoms with Gasteiger partial charge in [0.15, 0.2) is 0 Å². The molecule has 0 spiro atoms. The summed E-state index contributed by atoms with van der Waals surface area (Å²) >= 11 is 0. The van der Waals surface area contributed by atoms with Gasteiger partial charge < -0.3 is 19.7 Å². The highest BCUT2D eigenvalue weighted by Gasteiger charge is 2.51. The molecule has 8 nitrogen and oxygen atoms in total. The third-order valence-electron chi connectivity index (χ3n) is 5.68. The Balaban J connectivity index is 1.66. The minimum Gasteiger partial charge on any atom is -0.467 e. The van der Waals surface area contributed by atoms with E-state index in [0.717, 1.165) is 5.56 Å². The number of hydrogen-bond donors (Lipinski definition) is 1. The van der Waals surface area contributed by atoms with Crippen LogP contribution in [-0.2, 0) is 19.1 Å². The molecule has 170 valence electrons. The van der Waals surface area contributed by atoms with Crippen LogP contribution >= 0.6 is 0 Å². The van der Waals surface area contributed by atoms with E-state index in [1.165, 1.54) is 19.2 Å². The maximum absolute atomic E-state index is 13.2. The van der Waals surface area contributed by atoms with E-state index >= 15 is 0 Å². The van der Waals surface area contributed by atoms with Crippen molar-refractivity contribution in [1.82, 2.24) is 15.1 Å². The Hall–Kier alpha value is -2.68. The highest BCUT2D eigenvalue weighted by Crippen LogP contribution is 2.37. The number of piperazine rings is 1. The van der Waals surface area contributed by atoms with Crippen molar-refractivity contribution in [2.24, 2.45) is 0 Å². The number of amides is 2. The molecule has 0 radical (unpaired) electrons. The van der Waals surface area contributed by atoms with Gasteiger partial charge in [0.25, 0.3) is 0 Å². The van der Waals surface area contributed by atoms with Gasteiger partial charge in [-0.15, -0.1) is 0 Å². The number of likely N-dealkylation sites (tertiary alicyclic amines) is 2. The number of nitrogens with one attached hydrogen (secondary N) is 1. The zero-order valence-corrected chi connectivity index (χ0v) is 18.6. The van der Waals surface area contributed by atoms with Crippen LogP contribution in [0.4, 0.5) is 9.18 Å². The van der Waals surface area contributed by atoms with Gasteiger partial charge in [-0.05, 0) is 51.8 Å². The van der Waals surface area contributed by atoms with Crippen LogP contribution in [0, 0.1) is 5.82 Å². The molecule has 2 aliphatic heterocycles. The first-order valence-electron chi connectivity index (χ1n) is 10.4. The van der Waals surface area contributed by atoms with Crippen molar-refractivity contribution in [3.63, 3.8) is 0 Å². The van der Waals surface area contributed by atoms with Gasteiger partial charge in [0.05, 0.1) is 19.2 Å². The van der Waals surface area contributed by atoms with Crippen molar-refractivity contribution in [3.8, 4) is 0 Å². The summed E-state index contributed by atoms with van der Waals surface area (Å²) < 4.78 is 23.3. The van der Waals surface area contributed by atoms with Gasteiger partial charge in [-0.1, -0.05) is 12.1 Å². The molecule has 31 heavy (non-hydrogen) atoms. The maximum Gasteiger partial charge on any atom is 0.408 e. The summed E-state index contributed by atoms with van der Waals surface area (Å²) in [6, 6.07) is 4.64. The number of nitrogens with zero attached hydrogens (tertiary/aromatic N) is 2. The molecule has 2 heterocycles. The molecule has 2 amide bonds. The first kappa shape index (κ1) is 23.0. The summed E-state index contributed by atoms with van der Waals surface area (Å²) in [5.41, 5.74) is 0.164. The zero-order chi connectivity index (χ0) is 22.9. The lowest BCUT2D eigenvalue weighted by Gasteiger charge is -2.38. The van der Waals surface area contributed by atoms with Crippen LogP contribution in [-0.4, -0.2) is 71.7 Å². The number of rotatable bonds is 6. The Bertz CT molecular complexity index is 839. The SMILES string of the molecule is COC(=O)[C@H](CN1C[C@@H]2C[C@H]1C(=O)N2[C@@H](C)c1ccc(F)cc1)NC(=O)OC(C)(C)C. The van der Waals surface area contributed by atoms with E-state index in [1.807, 2.05) is 16.7 Å². The molecule has 1 aromatic carbocycles. The molecular formula is C22H30FN3O5. The number of benzene rings is 1. The fourth-order valence-corrected chi connectivity index (χ4v) is 4.31. The number of alkyl carbamates (subject to hydrolysis) is 1. The van der Waals surface area contributed by atoms with Gasteiger partial charge in [-0.25, -0.2) is 14.0 Å². The maximum atomic E-state index is 13.2. The summed E-state index contributed by atoms with van der Waals surface area (Å²) in [5, 5.41) is 2.55. The lowest BCUT2D eigenvalue weighted by Crippen LogP contribution is -2.56. The molecule has 4 atom stereocenters. The molecule has 0 saturated carbocycles. The van der Waals surface area contributed by atoms with Crippen LogP contribution in [0.5, 0.6) is 0 Å². The van der Waals surface area contributed by atoms with Crippen molar-refractivity contribution in [2.75, 3.05) is 20.2 Å². The van der Waals surface area contributed by atoms with Crippen LogP contribution in [0.15, 0.2) is 24.3 Å². The lowest BCUT2D eigenvalue weighted by atomic mass is 10.1. The Kier molecular flexibility index (Phi) is 6.54. The van der Waals surface area contributed by atoms with Gasteiger partial charge >= 0.3 is 12.1 Å². The number of carbonyl (C=O) groups excluding carboxylic acids is 3. The van der Waals surface area contributed by atoms with Crippen LogP contribution < -0.4 is 5.32 Å². The first-order valence-corrected chi connectivity index (χ1v) is 10.4. The van der Waals surface area contributed by atoms with Gasteiger partial charge in [0.2, 0.25) is 5.91 Å². The molecule has 0 aromatic heterocycles. The van der Waals surface area contributed by atoms with E-state index in [1.54, 1.807) is 32.9 Å². The van der Waals surface area contributed by atoms with Gasteiger partial charge in [0.1, 0.15) is 17.5 Å². The molecule has 1 N–H and O–H groups in total. The normalized spacial score (nSPS) is 22.9. The summed E-state index contributed by atoms with van der Waals surface area (Å²) in [5.74, 6) is -0.950. The van der Waals surface area contributed by atoms with E-state index in [-0.39, 0.29) is 36.4 Å². The average Bonchev–Trinajstić information content (AvgIpc) is 3.22. The quantitative estimate of drug-likeness (QED) is 0.690. The van der Waals surface area contributed by atoms with Crippen molar-refractivity contribution < 1.29 is 28.2 Å². The molecule has 3 rings (SSSR count). The van der Waals surface area contributed by atoms with Crippen molar-refractivity contribution in [1.29, 1.82) is 0 Å². The van der Waals surface area contributed by atoms with Gasteiger partial charge in [0, 0.05) is 19.1 Å². The summed E-state index contributed by atoms with van der Waals surface area (Å²) in [4.78, 5) is 41.2. The van der Waals surface area contributed by atoms with E-state index in [2.05, 4.69) is 5.32 Å². The van der Waals surface area contributed by atoms with Gasteiger partial charge in [-0.2, -0.15) is 0 Å². The van der Waals surface area contributed by atoms with E-state index in [4.69, 9.17) is 9.47 Å². The molecule has 2 saturated heterocycles. The lowest BCUT2D eigenvalue weighted by molar-refractivity contribution is -0.146. The van der Waals surface area contributed by atoms with E-state index < -0.39 is 23.7 Å². The Morgan fingerprint density at radius 1 is 1.26 bits per heavy atom. The monoisotopic (exact) mass is 435 g/mol. The number of carbonyl (C=O) groups is 3. The largest absolute Gasteiger partial charge is 0.467 e. The highest BCUT2D eigenvalue weighted by molar-refractivity contribution is 5.87. The van der Waals surface area contributed by atoms with Crippen LogP contribution in [0.2, 0.25) is 0 Å². The molecule has 0 unspecified atom stereocenters. The average molecular weight is 435 g/mol. The molecule has 0 aliphatic carbocycles. The Morgan fingerprint density at radius 3 is 2.45 bits per heavy atom. The second-order valence-electron chi connectivity index (χ2n) is 9.05. The first-order chi connectivity index (χ1) is 14.5. The second-order valence-corrected chi connectivity index (χ2v) is 9.05. The fourth-order valence-electron chi connectivity index (χ4n) is 4.31. The molecule has 2 bridgehead atoms. The summed E-state index contributed by atoms with van der Waals surface area (Å²) in [6.45, 7) is 7.85. The van der Waals surface area contributed by atoms with Crippen molar-refractivity contribution >= 4 is 18.0 Å². The molecular weight excluding hydrogens is 405 g/mol. The third kappa shape index (κ3) is 5.15.